The summed E-state index contributed by atoms with van der Waals surface area (Å²) in [6.07, 6.45) is 22.2. The number of aliphatic hydroxyl groups is 3. The number of phosphoric acid groups is 1. The Kier molecular flexibility index (Phi) is 26.4. The molecule has 0 aromatic rings. The molecular formula is C33H55O11P. The van der Waals surface area contributed by atoms with E-state index in [-0.39, 0.29) is 25.7 Å². The standard InChI is InChI=1S/C33H55O11P/c1-3-5-7-8-9-14-18-24-32(37)42-26-29(27-43-45(39,40)41)44-33(38)25-19-23-31(36)30(35)22-17-13-11-10-12-16-21-28(34)20-15-6-4-2/h6,10-13,15-17,21-22,28-31,34-36H,3-5,7-9,14,18-20,23-27H2,1-2H3,(H2,39,40,41)/b12-10+,13-11-,15-6-,21-16+,22-17-/t28-,29+,30+,31+/m0/s1. The summed E-state index contributed by atoms with van der Waals surface area (Å²) in [5.74, 6) is -1.23. The van der Waals surface area contributed by atoms with Crippen molar-refractivity contribution in [2.24, 2.45) is 0 Å². The number of aliphatic hydroxyl groups excluding tert-OH is 3. The van der Waals surface area contributed by atoms with Crippen LogP contribution in [-0.4, -0.2) is 74.7 Å². The molecule has 0 saturated heterocycles. The maximum Gasteiger partial charge on any atom is 0.469 e. The largest absolute Gasteiger partial charge is 0.469 e. The van der Waals surface area contributed by atoms with E-state index in [4.69, 9.17) is 19.3 Å². The van der Waals surface area contributed by atoms with Crippen molar-refractivity contribution in [2.45, 2.75) is 122 Å². The number of unbranched alkanes of at least 4 members (excludes halogenated alkanes) is 6. The van der Waals surface area contributed by atoms with Crippen molar-refractivity contribution in [3.63, 3.8) is 0 Å². The number of rotatable bonds is 27. The molecule has 0 aliphatic heterocycles. The molecule has 0 radical (unpaired) electrons. The molecule has 0 aliphatic rings. The molecule has 0 fully saturated rings. The Balaban J connectivity index is 4.48. The van der Waals surface area contributed by atoms with Crippen LogP contribution in [0.2, 0.25) is 0 Å². The van der Waals surface area contributed by atoms with Crippen molar-refractivity contribution >= 4 is 19.8 Å². The van der Waals surface area contributed by atoms with Gasteiger partial charge in [0.2, 0.25) is 0 Å². The Labute approximate surface area is 268 Å². The topological polar surface area (TPSA) is 180 Å². The number of esters is 2. The zero-order chi connectivity index (χ0) is 33.8. The molecule has 0 bridgehead atoms. The van der Waals surface area contributed by atoms with Crippen LogP contribution < -0.4 is 0 Å². The predicted molar refractivity (Wildman–Crippen MR) is 174 cm³/mol. The second-order valence-electron chi connectivity index (χ2n) is 10.6. The molecule has 0 amide bonds. The fraction of sp³-hybridized carbons (Fsp3) is 0.636. The fourth-order valence-electron chi connectivity index (χ4n) is 3.89. The molecule has 0 aromatic heterocycles. The van der Waals surface area contributed by atoms with E-state index in [0.717, 1.165) is 32.1 Å². The Bertz CT molecular complexity index is 968. The molecule has 45 heavy (non-hydrogen) atoms. The van der Waals surface area contributed by atoms with Gasteiger partial charge in [-0.15, -0.1) is 0 Å². The average Bonchev–Trinajstić information content (AvgIpc) is 2.98. The van der Waals surface area contributed by atoms with Crippen LogP contribution in [0.25, 0.3) is 0 Å². The van der Waals surface area contributed by atoms with Crippen LogP contribution >= 0.6 is 7.82 Å². The van der Waals surface area contributed by atoms with E-state index >= 15 is 0 Å². The molecule has 0 spiro atoms. The van der Waals surface area contributed by atoms with E-state index in [1.54, 1.807) is 42.5 Å². The Morgan fingerprint density at radius 1 is 0.733 bits per heavy atom. The number of hydrogen-bond donors (Lipinski definition) is 5. The van der Waals surface area contributed by atoms with Crippen molar-refractivity contribution < 1.29 is 53.3 Å². The fourth-order valence-corrected chi connectivity index (χ4v) is 4.25. The van der Waals surface area contributed by atoms with E-state index in [1.165, 1.54) is 18.9 Å². The normalized spacial score (nSPS) is 15.4. The van der Waals surface area contributed by atoms with Crippen molar-refractivity contribution in [2.75, 3.05) is 13.2 Å². The number of allylic oxidation sites excluding steroid dienone is 7. The summed E-state index contributed by atoms with van der Waals surface area (Å²) in [4.78, 5) is 42.3. The van der Waals surface area contributed by atoms with Gasteiger partial charge in [0.15, 0.2) is 6.10 Å². The van der Waals surface area contributed by atoms with E-state index in [2.05, 4.69) is 11.4 Å². The first kappa shape index (κ1) is 42.6. The van der Waals surface area contributed by atoms with Crippen molar-refractivity contribution in [3.8, 4) is 0 Å². The number of carbonyl (C=O) groups is 2. The van der Waals surface area contributed by atoms with Gasteiger partial charge >= 0.3 is 19.8 Å². The van der Waals surface area contributed by atoms with Gasteiger partial charge in [0.05, 0.1) is 24.9 Å². The molecule has 0 saturated carbocycles. The number of carbonyl (C=O) groups excluding carboxylic acids is 2. The van der Waals surface area contributed by atoms with E-state index in [0.29, 0.717) is 12.8 Å². The quantitative estimate of drug-likeness (QED) is 0.0246. The van der Waals surface area contributed by atoms with Gasteiger partial charge < -0.3 is 34.6 Å². The van der Waals surface area contributed by atoms with Gasteiger partial charge in [0.1, 0.15) is 6.61 Å². The molecule has 0 aromatic carbocycles. The van der Waals surface area contributed by atoms with E-state index < -0.39 is 57.4 Å². The molecule has 0 heterocycles. The molecule has 4 atom stereocenters. The first-order valence-corrected chi connectivity index (χ1v) is 17.4. The number of phosphoric ester groups is 1. The summed E-state index contributed by atoms with van der Waals surface area (Å²) in [6.45, 7) is 3.10. The van der Waals surface area contributed by atoms with Gasteiger partial charge in [0, 0.05) is 12.8 Å². The summed E-state index contributed by atoms with van der Waals surface area (Å²) < 4.78 is 25.9. The van der Waals surface area contributed by atoms with Crippen LogP contribution in [0.3, 0.4) is 0 Å². The van der Waals surface area contributed by atoms with Crippen molar-refractivity contribution in [1.82, 2.24) is 0 Å². The van der Waals surface area contributed by atoms with Crippen molar-refractivity contribution in [3.05, 3.63) is 60.8 Å². The minimum absolute atomic E-state index is 0.0852. The van der Waals surface area contributed by atoms with E-state index in [1.807, 2.05) is 19.1 Å². The van der Waals surface area contributed by atoms with Gasteiger partial charge in [-0.2, -0.15) is 0 Å². The first-order chi connectivity index (χ1) is 21.5. The SMILES string of the molecule is CC/C=C\C[C@H](O)/C=C/C=C/C=C\C=C/[C@@H](O)[C@H](O)CCCC(=O)O[C@H](COC(=O)CCCCCCCCC)COP(=O)(O)O. The minimum atomic E-state index is -4.84. The first-order valence-electron chi connectivity index (χ1n) is 15.9. The lowest BCUT2D eigenvalue weighted by atomic mass is 10.1. The van der Waals surface area contributed by atoms with Crippen LogP contribution in [0, 0.1) is 0 Å². The molecule has 258 valence electrons. The summed E-state index contributed by atoms with van der Waals surface area (Å²) in [7, 11) is -4.84. The second-order valence-corrected chi connectivity index (χ2v) is 11.9. The highest BCUT2D eigenvalue weighted by molar-refractivity contribution is 7.46. The smallest absolute Gasteiger partial charge is 0.462 e. The van der Waals surface area contributed by atoms with E-state index in [9.17, 15) is 29.5 Å². The predicted octanol–water partition coefficient (Wildman–Crippen LogP) is 5.53. The lowest BCUT2D eigenvalue weighted by Gasteiger charge is -2.19. The molecule has 12 heteroatoms. The molecule has 5 N–H and O–H groups in total. The lowest BCUT2D eigenvalue weighted by Crippen LogP contribution is -2.29. The van der Waals surface area contributed by atoms with Gasteiger partial charge in [0.25, 0.3) is 0 Å². The highest BCUT2D eigenvalue weighted by atomic mass is 31.2. The third-order valence-electron chi connectivity index (χ3n) is 6.39. The Morgan fingerprint density at radius 3 is 1.98 bits per heavy atom. The monoisotopic (exact) mass is 658 g/mol. The van der Waals surface area contributed by atoms with Crippen LogP contribution in [0.15, 0.2) is 60.8 Å². The van der Waals surface area contributed by atoms with Crippen molar-refractivity contribution in [1.29, 1.82) is 0 Å². The molecule has 11 nitrogen and oxygen atoms in total. The van der Waals surface area contributed by atoms with Gasteiger partial charge in [-0.05, 0) is 32.1 Å². The Morgan fingerprint density at radius 2 is 1.33 bits per heavy atom. The van der Waals surface area contributed by atoms with Crippen LogP contribution in [0.4, 0.5) is 0 Å². The summed E-state index contributed by atoms with van der Waals surface area (Å²) in [5, 5.41) is 30.1. The third-order valence-corrected chi connectivity index (χ3v) is 6.88. The molecular weight excluding hydrogens is 603 g/mol. The zero-order valence-corrected chi connectivity index (χ0v) is 27.7. The van der Waals surface area contributed by atoms with Gasteiger partial charge in [-0.3, -0.25) is 14.1 Å². The summed E-state index contributed by atoms with van der Waals surface area (Å²) in [6, 6.07) is 0. The van der Waals surface area contributed by atoms with Crippen LogP contribution in [-0.2, 0) is 28.2 Å². The highest BCUT2D eigenvalue weighted by Crippen LogP contribution is 2.35. The summed E-state index contributed by atoms with van der Waals surface area (Å²) in [5.41, 5.74) is 0. The lowest BCUT2D eigenvalue weighted by molar-refractivity contribution is -0.161. The molecule has 0 unspecified atom stereocenters. The van der Waals surface area contributed by atoms with Gasteiger partial charge in [-0.1, -0.05) is 113 Å². The number of hydrogen-bond acceptors (Lipinski definition) is 9. The highest BCUT2D eigenvalue weighted by Gasteiger charge is 2.23. The zero-order valence-electron chi connectivity index (χ0n) is 26.8. The molecule has 0 aliphatic carbocycles. The average molecular weight is 659 g/mol. The number of ether oxygens (including phenoxy) is 2. The summed E-state index contributed by atoms with van der Waals surface area (Å²) >= 11 is 0. The second kappa shape index (κ2) is 27.9. The van der Waals surface area contributed by atoms with Gasteiger partial charge in [-0.25, -0.2) is 4.57 Å². The maximum absolute atomic E-state index is 12.3. The van der Waals surface area contributed by atoms with Crippen LogP contribution in [0.5, 0.6) is 0 Å². The Hall–Kier alpha value is -2.37. The van der Waals surface area contributed by atoms with Crippen LogP contribution in [0.1, 0.15) is 97.3 Å². The molecule has 0 rings (SSSR count). The maximum atomic E-state index is 12.3. The minimum Gasteiger partial charge on any atom is -0.462 e. The third kappa shape index (κ3) is 28.8.